The lowest BCUT2D eigenvalue weighted by atomic mass is 9.79. The van der Waals surface area contributed by atoms with E-state index < -0.39 is 5.97 Å². The van der Waals surface area contributed by atoms with Crippen molar-refractivity contribution < 1.29 is 14.7 Å². The van der Waals surface area contributed by atoms with Crippen molar-refractivity contribution in [2.45, 2.75) is 25.8 Å². The van der Waals surface area contributed by atoms with Gasteiger partial charge in [0.05, 0.1) is 6.54 Å². The van der Waals surface area contributed by atoms with Gasteiger partial charge in [0.1, 0.15) is 6.54 Å². The number of benzene rings is 1. The Bertz CT molecular complexity index is 607. The smallest absolute Gasteiger partial charge is 0.322 e. The molecule has 2 N–H and O–H groups in total. The van der Waals surface area contributed by atoms with E-state index in [0.717, 1.165) is 39.1 Å². The quantitative estimate of drug-likeness (QED) is 0.810. The van der Waals surface area contributed by atoms with Crippen LogP contribution in [0, 0.1) is 5.41 Å². The lowest BCUT2D eigenvalue weighted by molar-refractivity contribution is -0.138. The van der Waals surface area contributed by atoms with Crippen LogP contribution in [0.4, 0.5) is 0 Å². The number of likely N-dealkylation sites (tertiary alicyclic amines) is 2. The average molecular weight is 345 g/mol. The molecule has 6 heteroatoms. The number of carboxylic acids is 1. The first-order valence-electron chi connectivity index (χ1n) is 9.02. The van der Waals surface area contributed by atoms with Gasteiger partial charge >= 0.3 is 5.97 Å². The second kappa shape index (κ2) is 7.97. The third kappa shape index (κ3) is 5.03. The predicted molar refractivity (Wildman–Crippen MR) is 95.1 cm³/mol. The Balaban J connectivity index is 1.50. The first kappa shape index (κ1) is 17.9. The second-order valence-electron chi connectivity index (χ2n) is 7.43. The summed E-state index contributed by atoms with van der Waals surface area (Å²) in [6, 6.07) is 10.6. The summed E-state index contributed by atoms with van der Waals surface area (Å²) in [5, 5.41) is 11.1. The minimum Gasteiger partial charge on any atom is -0.480 e. The predicted octanol–water partition coefficient (Wildman–Crippen LogP) is 1.18. The van der Waals surface area contributed by atoms with E-state index in [1.54, 1.807) is 0 Å². The van der Waals surface area contributed by atoms with E-state index in [1.807, 2.05) is 6.07 Å². The molecule has 1 spiro atoms. The molecule has 0 saturated carbocycles. The molecule has 25 heavy (non-hydrogen) atoms. The number of hydrogen-bond acceptors (Lipinski definition) is 4. The normalized spacial score (nSPS) is 24.5. The van der Waals surface area contributed by atoms with Crippen LogP contribution in [-0.4, -0.2) is 66.1 Å². The van der Waals surface area contributed by atoms with Gasteiger partial charge in [0.2, 0.25) is 5.91 Å². The SMILES string of the molecule is O=C(O)CNC(=O)CN1CCC2(CCCN(Cc3ccccc3)C2)C1. The van der Waals surface area contributed by atoms with Gasteiger partial charge in [-0.2, -0.15) is 0 Å². The van der Waals surface area contributed by atoms with Gasteiger partial charge in [-0.05, 0) is 43.3 Å². The zero-order valence-electron chi connectivity index (χ0n) is 14.6. The van der Waals surface area contributed by atoms with Crippen molar-refractivity contribution in [3.05, 3.63) is 35.9 Å². The van der Waals surface area contributed by atoms with Crippen LogP contribution >= 0.6 is 0 Å². The molecule has 2 aliphatic heterocycles. The van der Waals surface area contributed by atoms with Crippen molar-refractivity contribution in [2.24, 2.45) is 5.41 Å². The molecule has 1 unspecified atom stereocenters. The fraction of sp³-hybridized carbons (Fsp3) is 0.579. The van der Waals surface area contributed by atoms with Crippen LogP contribution in [0.5, 0.6) is 0 Å². The van der Waals surface area contributed by atoms with E-state index in [2.05, 4.69) is 39.4 Å². The maximum atomic E-state index is 11.9. The molecule has 1 aromatic carbocycles. The Kier molecular flexibility index (Phi) is 5.71. The van der Waals surface area contributed by atoms with Gasteiger partial charge in [-0.15, -0.1) is 0 Å². The molecule has 6 nitrogen and oxygen atoms in total. The molecule has 2 heterocycles. The van der Waals surface area contributed by atoms with Crippen molar-refractivity contribution in [2.75, 3.05) is 39.3 Å². The lowest BCUT2D eigenvalue weighted by Crippen LogP contribution is -2.45. The molecular weight excluding hydrogens is 318 g/mol. The highest BCUT2D eigenvalue weighted by Crippen LogP contribution is 2.39. The van der Waals surface area contributed by atoms with E-state index in [-0.39, 0.29) is 17.9 Å². The Labute approximate surface area is 148 Å². The van der Waals surface area contributed by atoms with E-state index in [4.69, 9.17) is 5.11 Å². The first-order chi connectivity index (χ1) is 12.0. The standard InChI is InChI=1S/C19H27N3O3/c23-17(20-11-18(24)25)13-22-10-8-19(15-22)7-4-9-21(14-19)12-16-5-2-1-3-6-16/h1-3,5-6H,4,7-15H2,(H,20,23)(H,24,25). The van der Waals surface area contributed by atoms with Gasteiger partial charge in [0.25, 0.3) is 0 Å². The topological polar surface area (TPSA) is 72.9 Å². The molecule has 2 fully saturated rings. The minimum absolute atomic E-state index is 0.198. The number of piperidine rings is 1. The molecule has 136 valence electrons. The lowest BCUT2D eigenvalue weighted by Gasteiger charge is -2.40. The van der Waals surface area contributed by atoms with Gasteiger partial charge in [0, 0.05) is 19.6 Å². The number of hydrogen-bond donors (Lipinski definition) is 2. The summed E-state index contributed by atoms with van der Waals surface area (Å²) in [7, 11) is 0. The third-order valence-corrected chi connectivity index (χ3v) is 5.31. The number of carbonyl (C=O) groups excluding carboxylic acids is 1. The minimum atomic E-state index is -1.00. The molecule has 3 rings (SSSR count). The van der Waals surface area contributed by atoms with Gasteiger partial charge in [-0.3, -0.25) is 19.4 Å². The molecule has 0 radical (unpaired) electrons. The average Bonchev–Trinajstić information content (AvgIpc) is 2.96. The Morgan fingerprint density at radius 1 is 1.08 bits per heavy atom. The van der Waals surface area contributed by atoms with E-state index in [0.29, 0.717) is 6.54 Å². The molecule has 2 saturated heterocycles. The van der Waals surface area contributed by atoms with Gasteiger partial charge in [-0.25, -0.2) is 0 Å². The van der Waals surface area contributed by atoms with Crippen molar-refractivity contribution in [1.29, 1.82) is 0 Å². The third-order valence-electron chi connectivity index (χ3n) is 5.31. The largest absolute Gasteiger partial charge is 0.480 e. The van der Waals surface area contributed by atoms with Crippen molar-refractivity contribution >= 4 is 11.9 Å². The molecule has 1 amide bonds. The van der Waals surface area contributed by atoms with Crippen LogP contribution in [0.1, 0.15) is 24.8 Å². The number of nitrogens with one attached hydrogen (secondary N) is 1. The van der Waals surface area contributed by atoms with Crippen LogP contribution in [0.25, 0.3) is 0 Å². The summed E-state index contributed by atoms with van der Waals surface area (Å²) in [5.74, 6) is -1.20. The van der Waals surface area contributed by atoms with Crippen molar-refractivity contribution in [3.8, 4) is 0 Å². The summed E-state index contributed by atoms with van der Waals surface area (Å²) in [6.45, 7) is 5.04. The Morgan fingerprint density at radius 3 is 2.60 bits per heavy atom. The highest BCUT2D eigenvalue weighted by atomic mass is 16.4. The Morgan fingerprint density at radius 2 is 1.84 bits per heavy atom. The van der Waals surface area contributed by atoms with Crippen molar-refractivity contribution in [3.63, 3.8) is 0 Å². The van der Waals surface area contributed by atoms with Crippen LogP contribution in [0.3, 0.4) is 0 Å². The maximum absolute atomic E-state index is 11.9. The van der Waals surface area contributed by atoms with E-state index in [1.165, 1.54) is 18.4 Å². The van der Waals surface area contributed by atoms with Crippen LogP contribution < -0.4 is 5.32 Å². The fourth-order valence-electron chi connectivity index (χ4n) is 4.22. The zero-order chi connectivity index (χ0) is 17.7. The number of nitrogens with zero attached hydrogens (tertiary/aromatic N) is 2. The second-order valence-corrected chi connectivity index (χ2v) is 7.43. The van der Waals surface area contributed by atoms with E-state index >= 15 is 0 Å². The van der Waals surface area contributed by atoms with E-state index in [9.17, 15) is 9.59 Å². The number of carboxylic acid groups (broad SMARTS) is 1. The summed E-state index contributed by atoms with van der Waals surface area (Å²) in [5.41, 5.74) is 1.63. The molecule has 1 aromatic rings. The molecule has 0 aromatic heterocycles. The molecule has 0 bridgehead atoms. The van der Waals surface area contributed by atoms with Crippen molar-refractivity contribution in [1.82, 2.24) is 15.1 Å². The van der Waals surface area contributed by atoms with Gasteiger partial charge < -0.3 is 10.4 Å². The first-order valence-corrected chi connectivity index (χ1v) is 9.02. The van der Waals surface area contributed by atoms with Crippen LogP contribution in [-0.2, 0) is 16.1 Å². The number of carbonyl (C=O) groups is 2. The van der Waals surface area contributed by atoms with Gasteiger partial charge in [0.15, 0.2) is 0 Å². The molecule has 2 aliphatic rings. The summed E-state index contributed by atoms with van der Waals surface area (Å²) < 4.78 is 0. The Hall–Kier alpha value is -1.92. The number of aliphatic carboxylic acids is 1. The number of rotatable bonds is 6. The monoisotopic (exact) mass is 345 g/mol. The van der Waals surface area contributed by atoms with Crippen LogP contribution in [0.15, 0.2) is 30.3 Å². The zero-order valence-corrected chi connectivity index (χ0v) is 14.6. The molecule has 0 aliphatic carbocycles. The van der Waals surface area contributed by atoms with Gasteiger partial charge in [-0.1, -0.05) is 30.3 Å². The fourth-order valence-corrected chi connectivity index (χ4v) is 4.22. The maximum Gasteiger partial charge on any atom is 0.322 e. The molecule has 1 atom stereocenters. The number of amides is 1. The highest BCUT2D eigenvalue weighted by Gasteiger charge is 2.41. The highest BCUT2D eigenvalue weighted by molar-refractivity contribution is 5.82. The van der Waals surface area contributed by atoms with Crippen LogP contribution in [0.2, 0.25) is 0 Å². The summed E-state index contributed by atoms with van der Waals surface area (Å²) >= 11 is 0. The molecular formula is C19H27N3O3. The summed E-state index contributed by atoms with van der Waals surface area (Å²) in [4.78, 5) is 27.1. The summed E-state index contributed by atoms with van der Waals surface area (Å²) in [6.07, 6.45) is 3.53.